The molecule has 0 aliphatic rings. The molecule has 0 unspecified atom stereocenters. The lowest BCUT2D eigenvalue weighted by atomic mass is 10.0. The molecule has 0 saturated heterocycles. The van der Waals surface area contributed by atoms with Gasteiger partial charge in [0.1, 0.15) is 11.5 Å². The Morgan fingerprint density at radius 1 is 0.909 bits per heavy atom. The maximum atomic E-state index is 5.69. The van der Waals surface area contributed by atoms with Crippen LogP contribution in [0.5, 0.6) is 11.5 Å². The Hall–Kier alpha value is -2.53. The van der Waals surface area contributed by atoms with Crippen molar-refractivity contribution in [2.75, 3.05) is 20.0 Å². The predicted octanol–water partition coefficient (Wildman–Crippen LogP) is 4.08. The van der Waals surface area contributed by atoms with Gasteiger partial charge >= 0.3 is 0 Å². The molecule has 0 bridgehead atoms. The van der Waals surface area contributed by atoms with E-state index in [4.69, 9.17) is 15.2 Å². The van der Waals surface area contributed by atoms with Crippen LogP contribution in [0.2, 0.25) is 0 Å². The van der Waals surface area contributed by atoms with Crippen LogP contribution in [0.15, 0.2) is 47.8 Å². The van der Waals surface area contributed by atoms with Crippen LogP contribution in [-0.2, 0) is 0 Å². The van der Waals surface area contributed by atoms with Crippen LogP contribution in [-0.4, -0.2) is 19.2 Å². The highest BCUT2D eigenvalue weighted by molar-refractivity contribution is 7.13. The number of methoxy groups -OCH3 is 2. The van der Waals surface area contributed by atoms with Crippen molar-refractivity contribution in [3.63, 3.8) is 0 Å². The van der Waals surface area contributed by atoms with E-state index in [2.05, 4.69) is 4.98 Å². The van der Waals surface area contributed by atoms with Crippen molar-refractivity contribution in [3.05, 3.63) is 47.8 Å². The van der Waals surface area contributed by atoms with Crippen molar-refractivity contribution < 1.29 is 9.47 Å². The summed E-state index contributed by atoms with van der Waals surface area (Å²) in [7, 11) is 3.31. The summed E-state index contributed by atoms with van der Waals surface area (Å²) in [5.74, 6) is 1.56. The minimum absolute atomic E-state index is 0.575. The SMILES string of the molecule is COc1cccc(OC)c1-c1ccc(-c2csc(N)n2)cc1. The van der Waals surface area contributed by atoms with Gasteiger partial charge in [-0.25, -0.2) is 4.98 Å². The van der Waals surface area contributed by atoms with E-state index in [0.29, 0.717) is 5.13 Å². The fourth-order valence-electron chi connectivity index (χ4n) is 2.36. The fraction of sp³-hybridized carbons (Fsp3) is 0.118. The smallest absolute Gasteiger partial charge is 0.180 e. The first-order chi connectivity index (χ1) is 10.7. The molecule has 0 saturated carbocycles. The van der Waals surface area contributed by atoms with Crippen LogP contribution in [0, 0.1) is 0 Å². The zero-order valence-electron chi connectivity index (χ0n) is 12.4. The molecule has 0 fully saturated rings. The van der Waals surface area contributed by atoms with Crippen molar-refractivity contribution in [2.45, 2.75) is 0 Å². The first-order valence-electron chi connectivity index (χ1n) is 6.75. The zero-order valence-corrected chi connectivity index (χ0v) is 13.2. The van der Waals surface area contributed by atoms with Gasteiger partial charge in [-0.05, 0) is 17.7 Å². The molecule has 22 heavy (non-hydrogen) atoms. The van der Waals surface area contributed by atoms with Gasteiger partial charge in [0.2, 0.25) is 0 Å². The molecule has 0 spiro atoms. The molecule has 0 atom stereocenters. The standard InChI is InChI=1S/C17H16N2O2S/c1-20-14-4-3-5-15(21-2)16(14)12-8-6-11(7-9-12)13-10-22-17(18)19-13/h3-10H,1-2H3,(H2,18,19). The summed E-state index contributed by atoms with van der Waals surface area (Å²) < 4.78 is 10.9. The number of nitrogens with zero attached hydrogens (tertiary/aromatic N) is 1. The molecule has 2 N–H and O–H groups in total. The van der Waals surface area contributed by atoms with Crippen LogP contribution >= 0.6 is 11.3 Å². The molecule has 0 aliphatic heterocycles. The number of benzene rings is 2. The van der Waals surface area contributed by atoms with E-state index in [0.717, 1.165) is 33.9 Å². The van der Waals surface area contributed by atoms with Gasteiger partial charge in [0.25, 0.3) is 0 Å². The maximum absolute atomic E-state index is 5.69. The highest BCUT2D eigenvalue weighted by Gasteiger charge is 2.12. The minimum atomic E-state index is 0.575. The third kappa shape index (κ3) is 2.63. The summed E-state index contributed by atoms with van der Waals surface area (Å²) in [4.78, 5) is 4.30. The van der Waals surface area contributed by atoms with Gasteiger partial charge in [0, 0.05) is 10.9 Å². The third-order valence-electron chi connectivity index (χ3n) is 3.42. The maximum Gasteiger partial charge on any atom is 0.180 e. The number of thiazole rings is 1. The van der Waals surface area contributed by atoms with Crippen LogP contribution in [0.3, 0.4) is 0 Å². The van der Waals surface area contributed by atoms with Gasteiger partial charge in [0.05, 0.1) is 25.5 Å². The Bertz CT molecular complexity index is 759. The van der Waals surface area contributed by atoms with Crippen molar-refractivity contribution in [3.8, 4) is 33.9 Å². The molecule has 0 aliphatic carbocycles. The van der Waals surface area contributed by atoms with Gasteiger partial charge < -0.3 is 15.2 Å². The number of hydrogen-bond acceptors (Lipinski definition) is 5. The van der Waals surface area contributed by atoms with Crippen molar-refractivity contribution in [1.82, 2.24) is 4.98 Å². The molecule has 0 amide bonds. The Morgan fingerprint density at radius 2 is 1.50 bits per heavy atom. The Labute approximate surface area is 133 Å². The molecular weight excluding hydrogens is 296 g/mol. The quantitative estimate of drug-likeness (QED) is 0.788. The van der Waals surface area contributed by atoms with E-state index in [9.17, 15) is 0 Å². The second-order valence-electron chi connectivity index (χ2n) is 4.69. The monoisotopic (exact) mass is 312 g/mol. The topological polar surface area (TPSA) is 57.4 Å². The number of nitrogens with two attached hydrogens (primary N) is 1. The van der Waals surface area contributed by atoms with Crippen molar-refractivity contribution in [2.24, 2.45) is 0 Å². The normalized spacial score (nSPS) is 10.5. The second-order valence-corrected chi connectivity index (χ2v) is 5.58. The molecule has 5 heteroatoms. The summed E-state index contributed by atoms with van der Waals surface area (Å²) in [5, 5.41) is 2.53. The molecule has 3 rings (SSSR count). The van der Waals surface area contributed by atoms with Crippen LogP contribution in [0.25, 0.3) is 22.4 Å². The van der Waals surface area contributed by atoms with E-state index >= 15 is 0 Å². The Balaban J connectivity index is 2.03. The first-order valence-corrected chi connectivity index (χ1v) is 7.63. The summed E-state index contributed by atoms with van der Waals surface area (Å²) >= 11 is 1.44. The number of ether oxygens (including phenoxy) is 2. The molecule has 0 radical (unpaired) electrons. The van der Waals surface area contributed by atoms with E-state index in [1.54, 1.807) is 14.2 Å². The molecular formula is C17H16N2O2S. The van der Waals surface area contributed by atoms with Crippen LogP contribution < -0.4 is 15.2 Å². The van der Waals surface area contributed by atoms with Gasteiger partial charge in [0.15, 0.2) is 5.13 Å². The van der Waals surface area contributed by atoms with Crippen molar-refractivity contribution >= 4 is 16.5 Å². The summed E-state index contributed by atoms with van der Waals surface area (Å²) in [6.07, 6.45) is 0. The molecule has 1 heterocycles. The average molecular weight is 312 g/mol. The number of nitrogen functional groups attached to an aromatic ring is 1. The van der Waals surface area contributed by atoms with Crippen LogP contribution in [0.4, 0.5) is 5.13 Å². The highest BCUT2D eigenvalue weighted by Crippen LogP contribution is 2.38. The van der Waals surface area contributed by atoms with Gasteiger partial charge in [-0.15, -0.1) is 11.3 Å². The van der Waals surface area contributed by atoms with E-state index < -0.39 is 0 Å². The number of aromatic nitrogens is 1. The van der Waals surface area contributed by atoms with Crippen molar-refractivity contribution in [1.29, 1.82) is 0 Å². The summed E-state index contributed by atoms with van der Waals surface area (Å²) in [6, 6.07) is 13.9. The van der Waals surface area contributed by atoms with E-state index in [-0.39, 0.29) is 0 Å². The number of rotatable bonds is 4. The molecule has 4 nitrogen and oxygen atoms in total. The third-order valence-corrected chi connectivity index (χ3v) is 4.09. The molecule has 2 aromatic carbocycles. The lowest BCUT2D eigenvalue weighted by Gasteiger charge is -2.13. The molecule has 3 aromatic rings. The first kappa shape index (κ1) is 14.4. The minimum Gasteiger partial charge on any atom is -0.496 e. The molecule has 1 aromatic heterocycles. The van der Waals surface area contributed by atoms with E-state index in [1.807, 2.05) is 47.8 Å². The predicted molar refractivity (Wildman–Crippen MR) is 90.5 cm³/mol. The highest BCUT2D eigenvalue weighted by atomic mass is 32.1. The average Bonchev–Trinajstić information content (AvgIpc) is 3.00. The number of hydrogen-bond donors (Lipinski definition) is 1. The van der Waals surface area contributed by atoms with Gasteiger partial charge in [-0.1, -0.05) is 30.3 Å². The van der Waals surface area contributed by atoms with Crippen LogP contribution in [0.1, 0.15) is 0 Å². The Kier molecular flexibility index (Phi) is 3.98. The summed E-state index contributed by atoms with van der Waals surface area (Å²) in [6.45, 7) is 0. The zero-order chi connectivity index (χ0) is 15.5. The van der Waals surface area contributed by atoms with Gasteiger partial charge in [-0.2, -0.15) is 0 Å². The summed E-state index contributed by atoms with van der Waals surface area (Å²) in [5.41, 5.74) is 9.58. The lowest BCUT2D eigenvalue weighted by Crippen LogP contribution is -1.93. The lowest BCUT2D eigenvalue weighted by molar-refractivity contribution is 0.397. The van der Waals surface area contributed by atoms with Gasteiger partial charge in [-0.3, -0.25) is 0 Å². The largest absolute Gasteiger partial charge is 0.496 e. The number of anilines is 1. The van der Waals surface area contributed by atoms with E-state index in [1.165, 1.54) is 11.3 Å². The second kappa shape index (κ2) is 6.07. The molecule has 112 valence electrons. The fourth-order valence-corrected chi connectivity index (χ4v) is 2.94. The Morgan fingerprint density at radius 3 is 2.00 bits per heavy atom.